The van der Waals surface area contributed by atoms with Gasteiger partial charge in [-0.05, 0) is 42.9 Å². The maximum atomic E-state index is 6.01. The number of rotatable bonds is 2. The third-order valence-electron chi connectivity index (χ3n) is 4.01. The molecule has 0 saturated heterocycles. The molecule has 106 valence electrons. The number of aryl methyl sites for hydroxylation is 2. The van der Waals surface area contributed by atoms with Crippen molar-refractivity contribution in [2.24, 2.45) is 0 Å². The van der Waals surface area contributed by atoms with Crippen LogP contribution in [0.3, 0.4) is 0 Å². The van der Waals surface area contributed by atoms with Crippen LogP contribution in [-0.4, -0.2) is 5.16 Å². The summed E-state index contributed by atoms with van der Waals surface area (Å²) >= 11 is 1.83. The number of aromatic nitrogens is 1. The molecule has 3 aromatic rings. The second-order valence-electron chi connectivity index (χ2n) is 5.40. The average Bonchev–Trinajstić information content (AvgIpc) is 3.11. The summed E-state index contributed by atoms with van der Waals surface area (Å²) in [6, 6.07) is 12.4. The number of nitrogens with two attached hydrogens (primary N) is 1. The molecule has 0 saturated carbocycles. The van der Waals surface area contributed by atoms with Crippen LogP contribution >= 0.6 is 11.3 Å². The molecule has 4 rings (SSSR count). The largest absolute Gasteiger partial charge is 0.367 e. The Bertz CT molecular complexity index is 750. The number of benzene rings is 1. The molecule has 1 aromatic carbocycles. The zero-order chi connectivity index (χ0) is 14.2. The van der Waals surface area contributed by atoms with Crippen LogP contribution in [0.5, 0.6) is 0 Å². The first-order valence-electron chi connectivity index (χ1n) is 7.25. The van der Waals surface area contributed by atoms with Gasteiger partial charge in [-0.15, -0.1) is 11.3 Å². The first-order valence-corrected chi connectivity index (χ1v) is 8.07. The summed E-state index contributed by atoms with van der Waals surface area (Å²) in [4.78, 5) is 2.66. The lowest BCUT2D eigenvalue weighted by Crippen LogP contribution is -1.96. The Balaban J connectivity index is 1.85. The van der Waals surface area contributed by atoms with Crippen LogP contribution in [0.2, 0.25) is 0 Å². The zero-order valence-corrected chi connectivity index (χ0v) is 12.5. The normalized spacial score (nSPS) is 14.1. The smallest absolute Gasteiger partial charge is 0.230 e. The lowest BCUT2D eigenvalue weighted by Gasteiger charge is -2.08. The molecule has 0 radical (unpaired) electrons. The van der Waals surface area contributed by atoms with Crippen molar-refractivity contribution < 1.29 is 4.52 Å². The van der Waals surface area contributed by atoms with Crippen LogP contribution < -0.4 is 5.73 Å². The van der Waals surface area contributed by atoms with E-state index in [2.05, 4.69) is 11.2 Å². The number of nitrogen functional groups attached to an aromatic ring is 1. The number of hydrogen-bond acceptors (Lipinski definition) is 4. The van der Waals surface area contributed by atoms with Crippen molar-refractivity contribution in [1.82, 2.24) is 5.16 Å². The molecule has 0 atom stereocenters. The van der Waals surface area contributed by atoms with Gasteiger partial charge in [0.15, 0.2) is 0 Å². The second kappa shape index (κ2) is 5.04. The first kappa shape index (κ1) is 12.7. The molecule has 4 heteroatoms. The van der Waals surface area contributed by atoms with E-state index in [4.69, 9.17) is 10.3 Å². The second-order valence-corrected chi connectivity index (χ2v) is 6.54. The summed E-state index contributed by atoms with van der Waals surface area (Å²) in [5, 5.41) is 4.22. The summed E-state index contributed by atoms with van der Waals surface area (Å²) in [5.41, 5.74) is 10.3. The molecule has 2 aromatic heterocycles. The summed E-state index contributed by atoms with van der Waals surface area (Å²) in [5.74, 6) is 0.391. The van der Waals surface area contributed by atoms with Crippen molar-refractivity contribution in [3.05, 3.63) is 46.8 Å². The van der Waals surface area contributed by atoms with Crippen LogP contribution in [0.1, 0.15) is 23.3 Å². The highest BCUT2D eigenvalue weighted by molar-refractivity contribution is 7.15. The lowest BCUT2D eigenvalue weighted by molar-refractivity contribution is 0.439. The third-order valence-corrected chi connectivity index (χ3v) is 5.25. The topological polar surface area (TPSA) is 52.0 Å². The van der Waals surface area contributed by atoms with E-state index in [0.717, 1.165) is 16.8 Å². The van der Waals surface area contributed by atoms with E-state index in [1.165, 1.54) is 41.0 Å². The predicted molar refractivity (Wildman–Crippen MR) is 86.3 cm³/mol. The molecule has 0 spiro atoms. The van der Waals surface area contributed by atoms with E-state index in [-0.39, 0.29) is 0 Å². The van der Waals surface area contributed by atoms with Gasteiger partial charge in [0.1, 0.15) is 5.69 Å². The van der Waals surface area contributed by atoms with Crippen molar-refractivity contribution in [2.75, 3.05) is 5.73 Å². The van der Waals surface area contributed by atoms with E-state index in [1.807, 2.05) is 41.7 Å². The van der Waals surface area contributed by atoms with Gasteiger partial charge in [-0.1, -0.05) is 35.5 Å². The minimum Gasteiger partial charge on any atom is -0.367 e. The maximum absolute atomic E-state index is 6.01. The van der Waals surface area contributed by atoms with Crippen molar-refractivity contribution in [3.63, 3.8) is 0 Å². The highest BCUT2D eigenvalue weighted by Crippen LogP contribution is 2.41. The molecular weight excluding hydrogens is 280 g/mol. The number of fused-ring (bicyclic) bond motifs is 1. The van der Waals surface area contributed by atoms with Crippen LogP contribution in [0.4, 0.5) is 5.88 Å². The Morgan fingerprint density at radius 1 is 1.10 bits per heavy atom. The molecule has 21 heavy (non-hydrogen) atoms. The van der Waals surface area contributed by atoms with Crippen molar-refractivity contribution in [3.8, 4) is 21.7 Å². The zero-order valence-electron chi connectivity index (χ0n) is 11.6. The minimum atomic E-state index is 0.391. The van der Waals surface area contributed by atoms with E-state index in [1.54, 1.807) is 0 Å². The molecule has 0 unspecified atom stereocenters. The standard InChI is InChI=1S/C17H16N2OS/c18-17-15(11-6-2-1-3-7-11)16(19-20-17)14-10-12-8-4-5-9-13(12)21-14/h1-3,6-7,10H,4-5,8-9,18H2. The minimum absolute atomic E-state index is 0.391. The molecule has 1 aliphatic carbocycles. The molecule has 0 bridgehead atoms. The molecule has 0 amide bonds. The fourth-order valence-electron chi connectivity index (χ4n) is 2.96. The van der Waals surface area contributed by atoms with Crippen LogP contribution in [0.15, 0.2) is 40.9 Å². The monoisotopic (exact) mass is 296 g/mol. The Morgan fingerprint density at radius 2 is 1.90 bits per heavy atom. The number of nitrogens with zero attached hydrogens (tertiary/aromatic N) is 1. The molecule has 3 nitrogen and oxygen atoms in total. The van der Waals surface area contributed by atoms with Gasteiger partial charge in [-0.25, -0.2) is 0 Å². The fourth-order valence-corrected chi connectivity index (χ4v) is 4.20. The Morgan fingerprint density at radius 3 is 2.71 bits per heavy atom. The fraction of sp³-hybridized carbons (Fsp3) is 0.235. The van der Waals surface area contributed by atoms with Gasteiger partial charge in [0.25, 0.3) is 0 Å². The molecular formula is C17H16N2OS. The Hall–Kier alpha value is -2.07. The number of thiophene rings is 1. The third kappa shape index (κ3) is 2.16. The highest BCUT2D eigenvalue weighted by atomic mass is 32.1. The summed E-state index contributed by atoms with van der Waals surface area (Å²) in [7, 11) is 0. The molecule has 0 fully saturated rings. The van der Waals surface area contributed by atoms with Gasteiger partial charge in [-0.3, -0.25) is 0 Å². The Labute approximate surface area is 127 Å². The maximum Gasteiger partial charge on any atom is 0.230 e. The van der Waals surface area contributed by atoms with E-state index in [9.17, 15) is 0 Å². The van der Waals surface area contributed by atoms with Crippen LogP contribution in [-0.2, 0) is 12.8 Å². The summed E-state index contributed by atoms with van der Waals surface area (Å²) in [6.07, 6.45) is 4.95. The van der Waals surface area contributed by atoms with Crippen LogP contribution in [0, 0.1) is 0 Å². The lowest BCUT2D eigenvalue weighted by atomic mass is 9.98. The molecule has 2 N–H and O–H groups in total. The van der Waals surface area contributed by atoms with Crippen LogP contribution in [0.25, 0.3) is 21.7 Å². The summed E-state index contributed by atoms with van der Waals surface area (Å²) < 4.78 is 5.27. The quantitative estimate of drug-likeness (QED) is 0.755. The number of anilines is 1. The van der Waals surface area contributed by atoms with Gasteiger partial charge in [0.05, 0.1) is 10.4 Å². The van der Waals surface area contributed by atoms with Gasteiger partial charge < -0.3 is 10.3 Å². The van der Waals surface area contributed by atoms with E-state index >= 15 is 0 Å². The highest BCUT2D eigenvalue weighted by Gasteiger charge is 2.21. The van der Waals surface area contributed by atoms with E-state index in [0.29, 0.717) is 5.88 Å². The SMILES string of the molecule is Nc1onc(-c2cc3c(s2)CCCC3)c1-c1ccccc1. The van der Waals surface area contributed by atoms with Gasteiger partial charge in [-0.2, -0.15) is 0 Å². The van der Waals surface area contributed by atoms with E-state index < -0.39 is 0 Å². The van der Waals surface area contributed by atoms with Gasteiger partial charge in [0.2, 0.25) is 5.88 Å². The number of hydrogen-bond donors (Lipinski definition) is 1. The van der Waals surface area contributed by atoms with Gasteiger partial charge in [0, 0.05) is 4.88 Å². The van der Waals surface area contributed by atoms with Crippen molar-refractivity contribution >= 4 is 17.2 Å². The van der Waals surface area contributed by atoms with Crippen molar-refractivity contribution in [1.29, 1.82) is 0 Å². The van der Waals surface area contributed by atoms with Gasteiger partial charge >= 0.3 is 0 Å². The first-order chi connectivity index (χ1) is 10.3. The molecule has 1 aliphatic rings. The summed E-state index contributed by atoms with van der Waals surface area (Å²) in [6.45, 7) is 0. The molecule has 2 heterocycles. The molecule has 0 aliphatic heterocycles. The van der Waals surface area contributed by atoms with Crippen molar-refractivity contribution in [2.45, 2.75) is 25.7 Å². The predicted octanol–water partition coefficient (Wildman–Crippen LogP) is 4.53. The average molecular weight is 296 g/mol. The Kier molecular flexibility index (Phi) is 3.04.